The van der Waals surface area contributed by atoms with Gasteiger partial charge in [-0.1, -0.05) is 6.07 Å². The third kappa shape index (κ3) is 2.92. The molecule has 0 aliphatic carbocycles. The number of nitrogens with zero attached hydrogens (tertiary/aromatic N) is 5. The standard InChI is InChI=1S/C22H27N5O2/c1-22(21(28)26-10-8-24(2)9-11-26)14-23-20-7-5-17(13-27(20)22)16-4-6-19-18(12-16)25(3)15-29-19/h4-7,12-13H,8-11,14-15H2,1-3H3. The summed E-state index contributed by atoms with van der Waals surface area (Å²) in [6, 6.07) is 6.24. The van der Waals surface area contributed by atoms with Crippen molar-refractivity contribution < 1.29 is 9.53 Å². The van der Waals surface area contributed by atoms with Gasteiger partial charge in [-0.2, -0.15) is 0 Å². The Kier molecular flexibility index (Phi) is 4.17. The van der Waals surface area contributed by atoms with E-state index >= 15 is 0 Å². The minimum absolute atomic E-state index is 0.164. The van der Waals surface area contributed by atoms with E-state index in [4.69, 9.17) is 4.74 Å². The van der Waals surface area contributed by atoms with E-state index in [0.717, 1.165) is 54.6 Å². The zero-order valence-electron chi connectivity index (χ0n) is 17.3. The minimum atomic E-state index is -0.669. The average Bonchev–Trinajstić information content (AvgIpc) is 3.28. The molecule has 152 valence electrons. The Morgan fingerprint density at radius 2 is 1.93 bits per heavy atom. The van der Waals surface area contributed by atoms with E-state index in [2.05, 4.69) is 51.1 Å². The molecule has 4 aliphatic rings. The van der Waals surface area contributed by atoms with Gasteiger partial charge in [-0.25, -0.2) is 0 Å². The van der Waals surface area contributed by atoms with Crippen molar-refractivity contribution in [3.8, 4) is 5.75 Å². The molecule has 0 saturated carbocycles. The molecule has 0 radical (unpaired) electrons. The van der Waals surface area contributed by atoms with Gasteiger partial charge in [0.2, 0.25) is 0 Å². The zero-order chi connectivity index (χ0) is 20.2. The molecule has 7 nitrogen and oxygen atoms in total. The molecule has 1 atom stereocenters. The molecular formula is C22H27N5O2. The van der Waals surface area contributed by atoms with Crippen molar-refractivity contribution in [3.63, 3.8) is 0 Å². The molecule has 1 aromatic rings. The Labute approximate surface area is 171 Å². The number of fused-ring (bicyclic) bond motifs is 2. The van der Waals surface area contributed by atoms with E-state index in [-0.39, 0.29) is 5.91 Å². The number of likely N-dealkylation sites (N-methyl/N-ethyl adjacent to an activating group) is 1. The maximum absolute atomic E-state index is 13.4. The smallest absolute Gasteiger partial charge is 0.250 e. The van der Waals surface area contributed by atoms with Gasteiger partial charge in [-0.05, 0) is 49.4 Å². The molecule has 0 bridgehead atoms. The summed E-state index contributed by atoms with van der Waals surface area (Å²) in [4.78, 5) is 26.5. The summed E-state index contributed by atoms with van der Waals surface area (Å²) >= 11 is 0. The first kappa shape index (κ1) is 18.2. The van der Waals surface area contributed by atoms with Gasteiger partial charge < -0.3 is 24.3 Å². The van der Waals surface area contributed by atoms with Crippen LogP contribution in [0.1, 0.15) is 12.5 Å². The number of benzene rings is 1. The van der Waals surface area contributed by atoms with Crippen LogP contribution in [0.15, 0.2) is 41.5 Å². The number of amidine groups is 1. The van der Waals surface area contributed by atoms with Gasteiger partial charge >= 0.3 is 0 Å². The van der Waals surface area contributed by atoms with E-state index in [9.17, 15) is 4.79 Å². The fraction of sp³-hybridized carbons (Fsp3) is 0.455. The molecule has 7 heteroatoms. The molecule has 0 spiro atoms. The first-order valence-corrected chi connectivity index (χ1v) is 10.2. The third-order valence-electron chi connectivity index (χ3n) is 6.38. The summed E-state index contributed by atoms with van der Waals surface area (Å²) in [6.07, 6.45) is 6.18. The Morgan fingerprint density at radius 3 is 2.72 bits per heavy atom. The van der Waals surface area contributed by atoms with Crippen LogP contribution in [0.4, 0.5) is 5.69 Å². The number of piperazine rings is 1. The van der Waals surface area contributed by atoms with E-state index < -0.39 is 5.54 Å². The first-order chi connectivity index (χ1) is 14.0. The lowest BCUT2D eigenvalue weighted by molar-refractivity contribution is -0.140. The van der Waals surface area contributed by atoms with Crippen LogP contribution in [-0.2, 0) is 4.79 Å². The molecule has 4 heterocycles. The normalized spacial score (nSPS) is 26.1. The van der Waals surface area contributed by atoms with Crippen molar-refractivity contribution in [2.24, 2.45) is 4.99 Å². The van der Waals surface area contributed by atoms with Crippen LogP contribution < -0.4 is 9.64 Å². The Balaban J connectivity index is 1.43. The molecule has 5 rings (SSSR count). The highest BCUT2D eigenvalue weighted by Crippen LogP contribution is 2.37. The van der Waals surface area contributed by atoms with Gasteiger partial charge in [-0.15, -0.1) is 0 Å². The summed E-state index contributed by atoms with van der Waals surface area (Å²) in [7, 11) is 4.13. The molecule has 1 unspecified atom stereocenters. The minimum Gasteiger partial charge on any atom is -0.471 e. The number of hydrogen-bond donors (Lipinski definition) is 0. The maximum atomic E-state index is 13.4. The van der Waals surface area contributed by atoms with E-state index in [1.54, 1.807) is 0 Å². The van der Waals surface area contributed by atoms with Crippen molar-refractivity contribution in [2.45, 2.75) is 12.5 Å². The topological polar surface area (TPSA) is 51.6 Å². The molecule has 0 aromatic heterocycles. The largest absolute Gasteiger partial charge is 0.471 e. The van der Waals surface area contributed by atoms with Crippen molar-refractivity contribution in [1.82, 2.24) is 14.7 Å². The molecule has 29 heavy (non-hydrogen) atoms. The van der Waals surface area contributed by atoms with Gasteiger partial charge in [0.15, 0.2) is 6.73 Å². The molecule has 1 amide bonds. The lowest BCUT2D eigenvalue weighted by atomic mass is 9.96. The number of rotatable bonds is 2. The molecule has 4 aliphatic heterocycles. The number of anilines is 1. The number of hydrogen-bond acceptors (Lipinski definition) is 6. The number of allylic oxidation sites excluding steroid dienone is 2. The zero-order valence-corrected chi connectivity index (χ0v) is 17.3. The summed E-state index contributed by atoms with van der Waals surface area (Å²) in [5.74, 6) is 1.94. The Morgan fingerprint density at radius 1 is 1.14 bits per heavy atom. The second-order valence-corrected chi connectivity index (χ2v) is 8.49. The van der Waals surface area contributed by atoms with Gasteiger partial charge in [0.1, 0.15) is 17.1 Å². The Hall–Kier alpha value is -2.80. The first-order valence-electron chi connectivity index (χ1n) is 10.2. The molecule has 1 saturated heterocycles. The molecular weight excluding hydrogens is 366 g/mol. The predicted molar refractivity (Wildman–Crippen MR) is 114 cm³/mol. The van der Waals surface area contributed by atoms with Crippen molar-refractivity contribution in [3.05, 3.63) is 42.1 Å². The Bertz CT molecular complexity index is 945. The van der Waals surface area contributed by atoms with Crippen LogP contribution in [0, 0.1) is 0 Å². The predicted octanol–water partition coefficient (Wildman–Crippen LogP) is 1.63. The highest BCUT2D eigenvalue weighted by molar-refractivity contribution is 6.05. The SMILES string of the molecule is CN1CCN(C(=O)C2(C)CN=C3C=CC(c4ccc5c(c4)N(C)CO5)=CN32)CC1. The monoisotopic (exact) mass is 393 g/mol. The quantitative estimate of drug-likeness (QED) is 0.765. The second-order valence-electron chi connectivity index (χ2n) is 8.49. The average molecular weight is 393 g/mol. The number of ether oxygens (including phenoxy) is 1. The highest BCUT2D eigenvalue weighted by Gasteiger charge is 2.47. The van der Waals surface area contributed by atoms with E-state index in [0.29, 0.717) is 13.3 Å². The summed E-state index contributed by atoms with van der Waals surface area (Å²) in [5.41, 5.74) is 2.61. The van der Waals surface area contributed by atoms with Crippen LogP contribution in [0.2, 0.25) is 0 Å². The van der Waals surface area contributed by atoms with Gasteiger partial charge in [-0.3, -0.25) is 9.79 Å². The van der Waals surface area contributed by atoms with Crippen molar-refractivity contribution in [2.75, 3.05) is 58.4 Å². The second kappa shape index (κ2) is 6.62. The van der Waals surface area contributed by atoms with Gasteiger partial charge in [0, 0.05) is 39.4 Å². The number of carbonyl (C=O) groups excluding carboxylic acids is 1. The summed E-state index contributed by atoms with van der Waals surface area (Å²) in [5, 5.41) is 0. The van der Waals surface area contributed by atoms with Crippen LogP contribution in [0.25, 0.3) is 5.57 Å². The van der Waals surface area contributed by atoms with Crippen LogP contribution >= 0.6 is 0 Å². The van der Waals surface area contributed by atoms with Crippen molar-refractivity contribution in [1.29, 1.82) is 0 Å². The number of aliphatic imine (C=N–C) groups is 1. The summed E-state index contributed by atoms with van der Waals surface area (Å²) < 4.78 is 5.67. The van der Waals surface area contributed by atoms with Gasteiger partial charge in [0.25, 0.3) is 5.91 Å². The van der Waals surface area contributed by atoms with E-state index in [1.807, 2.05) is 31.0 Å². The molecule has 1 fully saturated rings. The van der Waals surface area contributed by atoms with Crippen molar-refractivity contribution >= 4 is 23.0 Å². The lowest BCUT2D eigenvalue weighted by Crippen LogP contribution is -2.60. The summed E-state index contributed by atoms with van der Waals surface area (Å²) in [6.45, 7) is 6.47. The maximum Gasteiger partial charge on any atom is 0.250 e. The molecule has 1 aromatic carbocycles. The molecule has 0 N–H and O–H groups in total. The highest BCUT2D eigenvalue weighted by atomic mass is 16.5. The lowest BCUT2D eigenvalue weighted by Gasteiger charge is -2.41. The number of carbonyl (C=O) groups is 1. The fourth-order valence-electron chi connectivity index (χ4n) is 4.37. The van der Waals surface area contributed by atoms with Crippen LogP contribution in [-0.4, -0.2) is 85.5 Å². The van der Waals surface area contributed by atoms with Crippen LogP contribution in [0.5, 0.6) is 5.75 Å². The third-order valence-corrected chi connectivity index (χ3v) is 6.38. The van der Waals surface area contributed by atoms with E-state index in [1.165, 1.54) is 0 Å². The van der Waals surface area contributed by atoms with Crippen LogP contribution in [0.3, 0.4) is 0 Å². The van der Waals surface area contributed by atoms with Gasteiger partial charge in [0.05, 0.1) is 12.2 Å². The number of amides is 1. The fourth-order valence-corrected chi connectivity index (χ4v) is 4.37.